The zero-order chi connectivity index (χ0) is 17.1. The Balaban J connectivity index is 1.69. The quantitative estimate of drug-likeness (QED) is 0.680. The molecule has 7 atom stereocenters. The molecule has 0 aromatic carbocycles. The summed E-state index contributed by atoms with van der Waals surface area (Å²) in [6.45, 7) is 6.57. The van der Waals surface area contributed by atoms with Crippen molar-refractivity contribution in [3.63, 3.8) is 0 Å². The van der Waals surface area contributed by atoms with Crippen LogP contribution in [0.4, 0.5) is 0 Å². The molecule has 2 nitrogen and oxygen atoms in total. The van der Waals surface area contributed by atoms with Crippen LogP contribution in [-0.4, -0.2) is 17.0 Å². The van der Waals surface area contributed by atoms with Crippen LogP contribution in [0.15, 0.2) is 11.6 Å². The molecule has 24 heavy (non-hydrogen) atoms. The minimum Gasteiger partial charge on any atom is -0.393 e. The zero-order valence-corrected chi connectivity index (χ0v) is 15.3. The van der Waals surface area contributed by atoms with Gasteiger partial charge in [-0.05, 0) is 86.5 Å². The molecule has 4 aliphatic rings. The molecular weight excluding hydrogens is 296 g/mol. The number of rotatable bonds is 0. The highest BCUT2D eigenvalue weighted by molar-refractivity contribution is 5.95. The summed E-state index contributed by atoms with van der Waals surface area (Å²) in [6, 6.07) is 0. The van der Waals surface area contributed by atoms with E-state index < -0.39 is 0 Å². The van der Waals surface area contributed by atoms with E-state index in [1.165, 1.54) is 24.8 Å². The van der Waals surface area contributed by atoms with Crippen molar-refractivity contribution in [2.24, 2.45) is 34.5 Å². The summed E-state index contributed by atoms with van der Waals surface area (Å²) in [4.78, 5) is 12.4. The van der Waals surface area contributed by atoms with Gasteiger partial charge in [0.2, 0.25) is 0 Å². The predicted molar refractivity (Wildman–Crippen MR) is 95.0 cm³/mol. The first-order valence-corrected chi connectivity index (χ1v) is 9.75. The molecule has 1 unspecified atom stereocenters. The molecule has 4 aliphatic carbocycles. The first kappa shape index (κ1) is 16.4. The minimum absolute atomic E-state index is 0.107. The first-order chi connectivity index (χ1) is 11.4. The van der Waals surface area contributed by atoms with Gasteiger partial charge in [-0.2, -0.15) is 0 Å². The van der Waals surface area contributed by atoms with Crippen molar-refractivity contribution in [3.8, 4) is 11.8 Å². The third-order valence-corrected chi connectivity index (χ3v) is 8.29. The van der Waals surface area contributed by atoms with E-state index in [9.17, 15) is 9.90 Å². The van der Waals surface area contributed by atoms with Crippen molar-refractivity contribution in [3.05, 3.63) is 11.6 Å². The third-order valence-electron chi connectivity index (χ3n) is 8.29. The molecule has 0 bridgehead atoms. The zero-order valence-electron chi connectivity index (χ0n) is 15.3. The van der Waals surface area contributed by atoms with Crippen LogP contribution in [0.5, 0.6) is 0 Å². The van der Waals surface area contributed by atoms with E-state index in [0.29, 0.717) is 17.8 Å². The summed E-state index contributed by atoms with van der Waals surface area (Å²) in [5, 5.41) is 10.5. The van der Waals surface area contributed by atoms with Crippen molar-refractivity contribution >= 4 is 5.78 Å². The Morgan fingerprint density at radius 3 is 2.71 bits per heavy atom. The lowest BCUT2D eigenvalue weighted by atomic mass is 9.46. The highest BCUT2D eigenvalue weighted by Gasteiger charge is 2.59. The van der Waals surface area contributed by atoms with Crippen molar-refractivity contribution < 1.29 is 9.90 Å². The van der Waals surface area contributed by atoms with E-state index in [1.807, 2.05) is 13.0 Å². The number of ketones is 1. The van der Waals surface area contributed by atoms with Crippen LogP contribution in [0.1, 0.15) is 65.7 Å². The van der Waals surface area contributed by atoms with Gasteiger partial charge in [-0.1, -0.05) is 25.3 Å². The van der Waals surface area contributed by atoms with Gasteiger partial charge in [-0.3, -0.25) is 4.79 Å². The summed E-state index contributed by atoms with van der Waals surface area (Å²) in [5.74, 6) is 8.30. The van der Waals surface area contributed by atoms with Gasteiger partial charge in [-0.25, -0.2) is 0 Å². The Morgan fingerprint density at radius 2 is 1.96 bits per heavy atom. The standard InChI is InChI=1S/C22H30O2/c1-4-5-14-13-22(3)15(12-19(14)23)6-7-16-17-8-9-20(24)21(17,2)11-10-18(16)22/h12,14,16-18,20,24H,6-11,13H2,1-3H3/t14?,16-,17-,18-,20-,21-,22-/m0/s1. The molecule has 0 radical (unpaired) electrons. The normalized spacial score (nSPS) is 50.1. The lowest BCUT2D eigenvalue weighted by Crippen LogP contribution is -2.52. The Labute approximate surface area is 146 Å². The van der Waals surface area contributed by atoms with Crippen molar-refractivity contribution in [1.82, 2.24) is 0 Å². The Bertz CT molecular complexity index is 651. The van der Waals surface area contributed by atoms with E-state index in [2.05, 4.69) is 25.7 Å². The summed E-state index contributed by atoms with van der Waals surface area (Å²) in [5.41, 5.74) is 1.66. The monoisotopic (exact) mass is 326 g/mol. The van der Waals surface area contributed by atoms with E-state index in [-0.39, 0.29) is 28.6 Å². The molecule has 130 valence electrons. The average Bonchev–Trinajstić information content (AvgIpc) is 2.85. The molecule has 4 rings (SSSR count). The molecule has 0 saturated heterocycles. The van der Waals surface area contributed by atoms with E-state index in [4.69, 9.17) is 0 Å². The van der Waals surface area contributed by atoms with Crippen LogP contribution < -0.4 is 0 Å². The fourth-order valence-electron chi connectivity index (χ4n) is 6.91. The molecule has 2 heteroatoms. The van der Waals surface area contributed by atoms with Crippen LogP contribution in [-0.2, 0) is 4.79 Å². The van der Waals surface area contributed by atoms with E-state index in [0.717, 1.165) is 25.7 Å². The largest absolute Gasteiger partial charge is 0.393 e. The van der Waals surface area contributed by atoms with Crippen molar-refractivity contribution in [1.29, 1.82) is 0 Å². The third kappa shape index (κ3) is 2.10. The maximum Gasteiger partial charge on any atom is 0.170 e. The first-order valence-electron chi connectivity index (χ1n) is 9.75. The topological polar surface area (TPSA) is 37.3 Å². The Kier molecular flexibility index (Phi) is 3.73. The van der Waals surface area contributed by atoms with Crippen LogP contribution in [0.2, 0.25) is 0 Å². The molecule has 3 saturated carbocycles. The molecule has 0 heterocycles. The lowest BCUT2D eigenvalue weighted by molar-refractivity contribution is -0.120. The van der Waals surface area contributed by atoms with Crippen molar-refractivity contribution in [2.45, 2.75) is 71.8 Å². The highest BCUT2D eigenvalue weighted by atomic mass is 16.3. The van der Waals surface area contributed by atoms with Gasteiger partial charge in [-0.15, -0.1) is 5.92 Å². The fourth-order valence-corrected chi connectivity index (χ4v) is 6.91. The van der Waals surface area contributed by atoms with Gasteiger partial charge < -0.3 is 5.11 Å². The lowest BCUT2D eigenvalue weighted by Gasteiger charge is -2.58. The highest BCUT2D eigenvalue weighted by Crippen LogP contribution is 2.65. The maximum atomic E-state index is 12.4. The SMILES string of the molecule is CC#CC1C[C@@]2(C)C(=CC1=O)CC[C@H]1[C@@H]3CC[C@H](O)[C@@]3(C)CC[C@@H]12. The summed E-state index contributed by atoms with van der Waals surface area (Å²) >= 11 is 0. The molecule has 0 amide bonds. The smallest absolute Gasteiger partial charge is 0.170 e. The van der Waals surface area contributed by atoms with Gasteiger partial charge in [0.05, 0.1) is 12.0 Å². The van der Waals surface area contributed by atoms with Crippen LogP contribution >= 0.6 is 0 Å². The summed E-state index contributed by atoms with van der Waals surface area (Å²) < 4.78 is 0. The number of fused-ring (bicyclic) bond motifs is 5. The number of hydrogen-bond donors (Lipinski definition) is 1. The molecule has 0 aromatic heterocycles. The Morgan fingerprint density at radius 1 is 1.17 bits per heavy atom. The number of carbonyl (C=O) groups excluding carboxylic acids is 1. The van der Waals surface area contributed by atoms with Crippen LogP contribution in [0.3, 0.4) is 0 Å². The molecule has 0 aromatic rings. The number of carbonyl (C=O) groups is 1. The summed E-state index contributed by atoms with van der Waals surface area (Å²) in [6.07, 6.45) is 9.52. The van der Waals surface area contributed by atoms with E-state index >= 15 is 0 Å². The molecule has 1 N–H and O–H groups in total. The molecular formula is C22H30O2. The second-order valence-electron chi connectivity index (χ2n) is 9.19. The van der Waals surface area contributed by atoms with Gasteiger partial charge in [0.15, 0.2) is 5.78 Å². The second kappa shape index (κ2) is 5.46. The van der Waals surface area contributed by atoms with Crippen molar-refractivity contribution in [2.75, 3.05) is 0 Å². The average molecular weight is 326 g/mol. The number of aliphatic hydroxyl groups is 1. The van der Waals surface area contributed by atoms with Gasteiger partial charge in [0.1, 0.15) is 0 Å². The number of hydrogen-bond acceptors (Lipinski definition) is 2. The number of allylic oxidation sites excluding steroid dienone is 1. The fraction of sp³-hybridized carbons (Fsp3) is 0.773. The van der Waals surface area contributed by atoms with Gasteiger partial charge in [0.25, 0.3) is 0 Å². The summed E-state index contributed by atoms with van der Waals surface area (Å²) in [7, 11) is 0. The minimum atomic E-state index is -0.111. The predicted octanol–water partition coefficient (Wildman–Crippen LogP) is 4.13. The van der Waals surface area contributed by atoms with Crippen LogP contribution in [0.25, 0.3) is 0 Å². The second-order valence-corrected chi connectivity index (χ2v) is 9.19. The molecule has 0 aliphatic heterocycles. The van der Waals surface area contributed by atoms with Crippen LogP contribution in [0, 0.1) is 46.3 Å². The maximum absolute atomic E-state index is 12.4. The van der Waals surface area contributed by atoms with Gasteiger partial charge >= 0.3 is 0 Å². The Hall–Kier alpha value is -1.07. The van der Waals surface area contributed by atoms with Gasteiger partial charge in [0, 0.05) is 0 Å². The molecule has 3 fully saturated rings. The number of aliphatic hydroxyl groups excluding tert-OH is 1. The van der Waals surface area contributed by atoms with E-state index in [1.54, 1.807) is 0 Å². The molecule has 0 spiro atoms.